The summed E-state index contributed by atoms with van der Waals surface area (Å²) in [5, 5.41) is 35.8. The number of likely N-dealkylation sites (N-methyl/N-ethyl adjacent to an activating group) is 1. The number of cyclic esters (lactones) is 1. The molecule has 0 radical (unpaired) electrons. The predicted octanol–water partition coefficient (Wildman–Crippen LogP) is 5.83. The van der Waals surface area contributed by atoms with Gasteiger partial charge in [-0.3, -0.25) is 14.4 Å². The van der Waals surface area contributed by atoms with Crippen molar-refractivity contribution < 1.29 is 76.5 Å². The molecule has 4 saturated heterocycles. The fourth-order valence-corrected chi connectivity index (χ4v) is 12.4. The molecule has 1 aromatic carbocycles. The van der Waals surface area contributed by atoms with Crippen LogP contribution in [0.2, 0.25) is 0 Å². The molecule has 78 heavy (non-hydrogen) atoms. The SMILES string of the molecule is CC[C@H]1OC(=O)[C@H](C)C(O[C@H]2C[C@@](C)(OC)[C@@H](OC(=O)CCNCCNc3cc4c(cc3F)c(=O)ccn4C3CC3)[C@H](C)O2)[C@H](C)[C@@H](O[C@@H]2O[C@H](C)C[C@H](N(C)C)[C@H]2O)[C@](C)(O)C[C@@H](C)/C(=N\OC)[C@H](C)[C@@H]2OC(=O)O[C@]12C. The number of oxime groups is 1. The van der Waals surface area contributed by atoms with Crippen molar-refractivity contribution in [2.75, 3.05) is 53.3 Å². The number of aliphatic hydroxyl groups is 2. The van der Waals surface area contributed by atoms with Gasteiger partial charge in [0.1, 0.15) is 30.7 Å². The van der Waals surface area contributed by atoms with Crippen LogP contribution < -0.4 is 16.1 Å². The minimum Gasteiger partial charge on any atom is -0.458 e. The van der Waals surface area contributed by atoms with E-state index in [1.165, 1.54) is 26.4 Å². The highest BCUT2D eigenvalue weighted by Gasteiger charge is 2.59. The van der Waals surface area contributed by atoms with Gasteiger partial charge in [0, 0.05) is 80.7 Å². The summed E-state index contributed by atoms with van der Waals surface area (Å²) in [6.45, 7) is 18.6. The number of rotatable bonds is 17. The lowest BCUT2D eigenvalue weighted by molar-refractivity contribution is -0.318. The summed E-state index contributed by atoms with van der Waals surface area (Å²) in [5.74, 6) is -4.95. The van der Waals surface area contributed by atoms with Crippen LogP contribution in [0.15, 0.2) is 34.3 Å². The van der Waals surface area contributed by atoms with Crippen molar-refractivity contribution in [3.63, 3.8) is 0 Å². The molecule has 5 aliphatic rings. The Bertz CT molecular complexity index is 2510. The first-order chi connectivity index (χ1) is 36.8. The average molecular weight is 1100 g/mol. The van der Waals surface area contributed by atoms with E-state index in [0.717, 1.165) is 12.8 Å². The highest BCUT2D eigenvalue weighted by molar-refractivity contribution is 5.89. The van der Waals surface area contributed by atoms with Crippen molar-refractivity contribution in [3.05, 3.63) is 40.4 Å². The van der Waals surface area contributed by atoms with Crippen LogP contribution in [0.25, 0.3) is 10.9 Å². The number of pyridine rings is 1. The number of hydrogen-bond acceptors (Lipinski definition) is 20. The van der Waals surface area contributed by atoms with Gasteiger partial charge in [-0.25, -0.2) is 9.18 Å². The van der Waals surface area contributed by atoms with Gasteiger partial charge < -0.3 is 77.8 Å². The number of anilines is 1. The summed E-state index contributed by atoms with van der Waals surface area (Å²) in [7, 11) is 6.61. The number of nitrogens with zero attached hydrogens (tertiary/aromatic N) is 3. The normalized spacial score (nSPS) is 38.5. The summed E-state index contributed by atoms with van der Waals surface area (Å²) in [4.78, 5) is 61.1. The quantitative estimate of drug-likeness (QED) is 0.0630. The number of carbonyl (C=O) groups excluding carboxylic acids is 3. The number of ether oxygens (including phenoxy) is 9. The minimum absolute atomic E-state index is 0.000192. The molecule has 0 spiro atoms. The van der Waals surface area contributed by atoms with Gasteiger partial charge in [-0.15, -0.1) is 0 Å². The Balaban J connectivity index is 1.09. The number of aromatic nitrogens is 1. The largest absolute Gasteiger partial charge is 0.509 e. The third-order valence-corrected chi connectivity index (χ3v) is 16.8. The van der Waals surface area contributed by atoms with Gasteiger partial charge >= 0.3 is 18.1 Å². The molecule has 1 saturated carbocycles. The Morgan fingerprint density at radius 1 is 0.949 bits per heavy atom. The molecule has 0 bridgehead atoms. The second-order valence-corrected chi connectivity index (χ2v) is 23.2. The smallest absolute Gasteiger partial charge is 0.458 e. The zero-order chi connectivity index (χ0) is 57.2. The average Bonchev–Trinajstić information content (AvgIpc) is 4.25. The van der Waals surface area contributed by atoms with Crippen LogP contribution in [0, 0.1) is 29.5 Å². The van der Waals surface area contributed by atoms with Crippen LogP contribution in [0.5, 0.6) is 0 Å². The molecular formula is C56H86FN5O16. The van der Waals surface area contributed by atoms with Gasteiger partial charge in [0.2, 0.25) is 0 Å². The molecule has 5 fully saturated rings. The molecule has 4 aliphatic heterocycles. The van der Waals surface area contributed by atoms with Crippen molar-refractivity contribution >= 4 is 40.4 Å². The van der Waals surface area contributed by atoms with Crippen molar-refractivity contribution in [2.45, 2.75) is 204 Å². The van der Waals surface area contributed by atoms with Crippen LogP contribution in [0.1, 0.15) is 120 Å². The second-order valence-electron chi connectivity index (χ2n) is 23.2. The van der Waals surface area contributed by atoms with Crippen LogP contribution in [-0.2, 0) is 57.1 Å². The van der Waals surface area contributed by atoms with E-state index in [9.17, 15) is 29.4 Å². The van der Waals surface area contributed by atoms with Crippen LogP contribution in [0.4, 0.5) is 14.9 Å². The number of hydrogen-bond donors (Lipinski definition) is 4. The molecule has 22 heteroatoms. The van der Waals surface area contributed by atoms with Crippen LogP contribution in [0.3, 0.4) is 0 Å². The Morgan fingerprint density at radius 2 is 1.67 bits per heavy atom. The van der Waals surface area contributed by atoms with Gasteiger partial charge in [0.05, 0.1) is 59.3 Å². The molecule has 1 aromatic heterocycles. The zero-order valence-electron chi connectivity index (χ0n) is 47.9. The van der Waals surface area contributed by atoms with Gasteiger partial charge in [0.25, 0.3) is 0 Å². The molecule has 438 valence electrons. The number of esters is 2. The van der Waals surface area contributed by atoms with E-state index in [4.69, 9.17) is 47.5 Å². The van der Waals surface area contributed by atoms with E-state index in [-0.39, 0.29) is 55.5 Å². The number of nitrogens with one attached hydrogen (secondary N) is 2. The number of benzene rings is 1. The Morgan fingerprint density at radius 3 is 2.32 bits per heavy atom. The monoisotopic (exact) mass is 1100 g/mol. The molecule has 2 aromatic rings. The Labute approximate surface area is 457 Å². The van der Waals surface area contributed by atoms with Crippen LogP contribution >= 0.6 is 0 Å². The van der Waals surface area contributed by atoms with E-state index < -0.39 is 120 Å². The Kier molecular flexibility index (Phi) is 19.7. The molecule has 18 atom stereocenters. The van der Waals surface area contributed by atoms with Gasteiger partial charge in [-0.1, -0.05) is 32.9 Å². The summed E-state index contributed by atoms with van der Waals surface area (Å²) < 4.78 is 74.0. The van der Waals surface area contributed by atoms with Crippen molar-refractivity contribution in [3.8, 4) is 0 Å². The molecule has 5 heterocycles. The lowest BCUT2D eigenvalue weighted by atomic mass is 9.73. The van der Waals surface area contributed by atoms with E-state index in [1.54, 1.807) is 60.7 Å². The van der Waals surface area contributed by atoms with E-state index in [0.29, 0.717) is 42.2 Å². The summed E-state index contributed by atoms with van der Waals surface area (Å²) >= 11 is 0. The molecule has 4 N–H and O–H groups in total. The molecule has 0 amide bonds. The number of fused-ring (bicyclic) bond motifs is 2. The maximum atomic E-state index is 15.1. The second kappa shape index (κ2) is 25.1. The van der Waals surface area contributed by atoms with E-state index >= 15 is 4.39 Å². The minimum atomic E-state index is -1.78. The third kappa shape index (κ3) is 13.3. The molecule has 1 aliphatic carbocycles. The summed E-state index contributed by atoms with van der Waals surface area (Å²) in [5.41, 5.74) is -3.26. The lowest BCUT2D eigenvalue weighted by Gasteiger charge is -2.49. The fraction of sp³-hybridized carbons (Fsp3) is 0.768. The highest BCUT2D eigenvalue weighted by atomic mass is 19.1. The van der Waals surface area contributed by atoms with Crippen molar-refractivity contribution in [1.29, 1.82) is 0 Å². The standard InChI is InChI=1S/C56H86FN5O16/c1-15-42-56(10)49(77-53(67)78-56)31(4)45(60-70-14)29(2)27-54(8,68)48(76-52-46(65)40(61(11)12)24-30(3)71-52)32(5)47(33(6)51(66)73-42)75-44-28-55(9,69-13)50(34(7)72-44)74-43(64)18-20-58-21-22-59-38-26-39-36(25-37(38)57)41(63)19-23-62(39)35-16-17-35/h19,23,25-26,29-35,40,42,44,46-50,52,58-59,65,68H,15-18,20-22,24,27-28H2,1-14H3/b60-45+/t29-,30-,31+,32+,33-,34+,40+,42-,44+,46-,47?,48-,49+,50+,52+,54-,55-,56-/m1/s1. The highest BCUT2D eigenvalue weighted by Crippen LogP contribution is 2.44. The summed E-state index contributed by atoms with van der Waals surface area (Å²) in [6, 6.07) is 4.36. The first-order valence-electron chi connectivity index (χ1n) is 27.7. The topological polar surface area (TPSA) is 246 Å². The van der Waals surface area contributed by atoms with Crippen LogP contribution in [-0.4, -0.2) is 176 Å². The Hall–Kier alpha value is -4.52. The molecule has 1 unspecified atom stereocenters. The number of carbonyl (C=O) groups is 3. The van der Waals surface area contributed by atoms with E-state index in [1.807, 2.05) is 44.3 Å². The molecule has 7 rings (SSSR count). The van der Waals surface area contributed by atoms with E-state index in [2.05, 4.69) is 15.8 Å². The number of halogens is 1. The predicted molar refractivity (Wildman–Crippen MR) is 285 cm³/mol. The maximum absolute atomic E-state index is 15.1. The first-order valence-corrected chi connectivity index (χ1v) is 27.7. The maximum Gasteiger partial charge on any atom is 0.509 e. The first kappa shape index (κ1) is 61.1. The number of methoxy groups -OCH3 is 1. The van der Waals surface area contributed by atoms with Crippen molar-refractivity contribution in [2.24, 2.45) is 28.8 Å². The number of aliphatic hydroxyl groups excluding tert-OH is 1. The van der Waals surface area contributed by atoms with Crippen molar-refractivity contribution in [1.82, 2.24) is 14.8 Å². The third-order valence-electron chi connectivity index (χ3n) is 16.8. The van der Waals surface area contributed by atoms with Gasteiger partial charge in [-0.2, -0.15) is 0 Å². The summed E-state index contributed by atoms with van der Waals surface area (Å²) in [6.07, 6.45) is -6.25. The lowest BCUT2D eigenvalue weighted by Crippen LogP contribution is -2.61. The fourth-order valence-electron chi connectivity index (χ4n) is 12.4. The molecular weight excluding hydrogens is 1020 g/mol. The van der Waals surface area contributed by atoms with Gasteiger partial charge in [0.15, 0.2) is 35.8 Å². The molecule has 21 nitrogen and oxygen atoms in total. The zero-order valence-corrected chi connectivity index (χ0v) is 47.9. The van der Waals surface area contributed by atoms with Gasteiger partial charge in [-0.05, 0) is 99.9 Å².